The van der Waals surface area contributed by atoms with Gasteiger partial charge in [-0.1, -0.05) is 30.3 Å². The van der Waals surface area contributed by atoms with Crippen LogP contribution in [0.1, 0.15) is 18.1 Å². The number of hydrogen-bond donors (Lipinski definition) is 2. The van der Waals surface area contributed by atoms with Crippen molar-refractivity contribution >= 4 is 11.6 Å². The summed E-state index contributed by atoms with van der Waals surface area (Å²) in [5, 5.41) is 3.08. The molecule has 0 spiro atoms. The molecule has 0 aliphatic carbocycles. The lowest BCUT2D eigenvalue weighted by Crippen LogP contribution is -2.45. The van der Waals surface area contributed by atoms with Crippen molar-refractivity contribution < 1.29 is 9.18 Å². The highest BCUT2D eigenvalue weighted by Gasteiger charge is 2.33. The van der Waals surface area contributed by atoms with Crippen molar-refractivity contribution in [2.45, 2.75) is 19.4 Å². The Morgan fingerprint density at radius 1 is 1.20 bits per heavy atom. The third-order valence-electron chi connectivity index (χ3n) is 3.41. The van der Waals surface area contributed by atoms with E-state index in [1.807, 2.05) is 30.3 Å². The minimum atomic E-state index is -1.17. The van der Waals surface area contributed by atoms with Crippen molar-refractivity contribution in [2.75, 3.05) is 5.32 Å². The predicted octanol–water partition coefficient (Wildman–Crippen LogP) is 2.95. The molecule has 3 N–H and O–H groups in total. The van der Waals surface area contributed by atoms with Gasteiger partial charge in [-0.25, -0.2) is 4.39 Å². The zero-order chi connectivity index (χ0) is 14.8. The maximum Gasteiger partial charge on any atom is 0.247 e. The summed E-state index contributed by atoms with van der Waals surface area (Å²) in [5.74, 6) is -0.922. The van der Waals surface area contributed by atoms with E-state index < -0.39 is 11.4 Å². The fourth-order valence-electron chi connectivity index (χ4n) is 1.99. The van der Waals surface area contributed by atoms with E-state index >= 15 is 0 Å². The van der Waals surface area contributed by atoms with Gasteiger partial charge in [-0.3, -0.25) is 4.79 Å². The van der Waals surface area contributed by atoms with Gasteiger partial charge in [0.25, 0.3) is 0 Å². The summed E-state index contributed by atoms with van der Waals surface area (Å²) < 4.78 is 13.7. The molecule has 0 saturated heterocycles. The van der Waals surface area contributed by atoms with Crippen molar-refractivity contribution in [3.63, 3.8) is 0 Å². The van der Waals surface area contributed by atoms with Crippen LogP contribution in [0.4, 0.5) is 10.1 Å². The van der Waals surface area contributed by atoms with E-state index in [1.54, 1.807) is 26.0 Å². The number of benzene rings is 2. The van der Waals surface area contributed by atoms with Crippen LogP contribution in [0.5, 0.6) is 0 Å². The molecule has 2 rings (SSSR count). The normalized spacial score (nSPS) is 13.6. The molecule has 0 heterocycles. The van der Waals surface area contributed by atoms with Crippen molar-refractivity contribution in [3.8, 4) is 0 Å². The molecule has 1 atom stereocenters. The molecular weight excluding hydrogens is 255 g/mol. The first-order chi connectivity index (χ1) is 9.43. The summed E-state index contributed by atoms with van der Waals surface area (Å²) in [7, 11) is 0. The largest absolute Gasteiger partial charge is 0.368 e. The molecule has 1 unspecified atom stereocenters. The molecule has 0 bridgehead atoms. The average Bonchev–Trinajstić information content (AvgIpc) is 2.42. The molecule has 2 aromatic carbocycles. The first-order valence-electron chi connectivity index (χ1n) is 6.33. The quantitative estimate of drug-likeness (QED) is 0.899. The van der Waals surface area contributed by atoms with E-state index in [2.05, 4.69) is 5.32 Å². The van der Waals surface area contributed by atoms with Gasteiger partial charge in [-0.05, 0) is 43.2 Å². The first-order valence-corrected chi connectivity index (χ1v) is 6.33. The predicted molar refractivity (Wildman–Crippen MR) is 77.7 cm³/mol. The van der Waals surface area contributed by atoms with Crippen molar-refractivity contribution in [2.24, 2.45) is 5.73 Å². The monoisotopic (exact) mass is 272 g/mol. The van der Waals surface area contributed by atoms with Crippen molar-refractivity contribution in [1.82, 2.24) is 0 Å². The van der Waals surface area contributed by atoms with Gasteiger partial charge >= 0.3 is 0 Å². The molecule has 0 aromatic heterocycles. The molecule has 20 heavy (non-hydrogen) atoms. The number of nitrogens with one attached hydrogen (secondary N) is 1. The average molecular weight is 272 g/mol. The van der Waals surface area contributed by atoms with Gasteiger partial charge in [0.05, 0.1) is 0 Å². The van der Waals surface area contributed by atoms with Gasteiger partial charge < -0.3 is 11.1 Å². The van der Waals surface area contributed by atoms with Crippen LogP contribution in [0.3, 0.4) is 0 Å². The lowest BCUT2D eigenvalue weighted by atomic mass is 9.90. The Hall–Kier alpha value is -2.36. The fraction of sp³-hybridized carbons (Fsp3) is 0.188. The standard InChI is InChI=1S/C16H17FN2O/c1-11-8-9-12(10-14(11)17)16(2,15(18)20)19-13-6-4-3-5-7-13/h3-10,19H,1-2H3,(H2,18,20). The maximum atomic E-state index is 13.7. The Labute approximate surface area is 117 Å². The number of para-hydroxylation sites is 1. The highest BCUT2D eigenvalue weighted by Crippen LogP contribution is 2.27. The van der Waals surface area contributed by atoms with Crippen LogP contribution in [-0.2, 0) is 10.3 Å². The van der Waals surface area contributed by atoms with Crippen LogP contribution in [0.15, 0.2) is 48.5 Å². The molecule has 0 fully saturated rings. The van der Waals surface area contributed by atoms with Gasteiger partial charge in [0.2, 0.25) is 5.91 Å². The van der Waals surface area contributed by atoms with E-state index in [4.69, 9.17) is 5.73 Å². The lowest BCUT2D eigenvalue weighted by molar-refractivity contribution is -0.122. The highest BCUT2D eigenvalue weighted by atomic mass is 19.1. The minimum absolute atomic E-state index is 0.357. The molecular formula is C16H17FN2O. The van der Waals surface area contributed by atoms with Crippen LogP contribution >= 0.6 is 0 Å². The lowest BCUT2D eigenvalue weighted by Gasteiger charge is -2.29. The zero-order valence-electron chi connectivity index (χ0n) is 11.5. The fourth-order valence-corrected chi connectivity index (χ4v) is 1.99. The van der Waals surface area contributed by atoms with E-state index in [0.717, 1.165) is 5.69 Å². The van der Waals surface area contributed by atoms with Gasteiger partial charge in [0.1, 0.15) is 11.4 Å². The Morgan fingerprint density at radius 3 is 2.40 bits per heavy atom. The molecule has 0 saturated carbocycles. The molecule has 104 valence electrons. The van der Waals surface area contributed by atoms with E-state index in [9.17, 15) is 9.18 Å². The van der Waals surface area contributed by atoms with Crippen LogP contribution in [0.2, 0.25) is 0 Å². The molecule has 0 aliphatic heterocycles. The molecule has 3 nitrogen and oxygen atoms in total. The summed E-state index contributed by atoms with van der Waals surface area (Å²) in [6, 6.07) is 13.9. The highest BCUT2D eigenvalue weighted by molar-refractivity contribution is 5.89. The summed E-state index contributed by atoms with van der Waals surface area (Å²) in [6.07, 6.45) is 0. The van der Waals surface area contributed by atoms with Crippen LogP contribution in [0, 0.1) is 12.7 Å². The number of carbonyl (C=O) groups excluding carboxylic acids is 1. The number of rotatable bonds is 4. The third-order valence-corrected chi connectivity index (χ3v) is 3.41. The van der Waals surface area contributed by atoms with Gasteiger partial charge in [0, 0.05) is 5.69 Å². The summed E-state index contributed by atoms with van der Waals surface area (Å²) in [4.78, 5) is 11.9. The first kappa shape index (κ1) is 14.1. The third kappa shape index (κ3) is 2.64. The topological polar surface area (TPSA) is 55.1 Å². The molecule has 4 heteroatoms. The zero-order valence-corrected chi connectivity index (χ0v) is 11.5. The van der Waals surface area contributed by atoms with E-state index in [1.165, 1.54) is 6.07 Å². The van der Waals surface area contributed by atoms with Crippen molar-refractivity contribution in [3.05, 3.63) is 65.5 Å². The number of anilines is 1. The van der Waals surface area contributed by atoms with E-state index in [0.29, 0.717) is 11.1 Å². The second kappa shape index (κ2) is 5.33. The summed E-state index contributed by atoms with van der Waals surface area (Å²) in [5.41, 5.74) is 6.11. The number of nitrogens with two attached hydrogens (primary N) is 1. The van der Waals surface area contributed by atoms with Gasteiger partial charge in [0.15, 0.2) is 0 Å². The molecule has 1 amide bonds. The summed E-state index contributed by atoms with van der Waals surface area (Å²) >= 11 is 0. The Balaban J connectivity index is 2.43. The number of aryl methyl sites for hydroxylation is 1. The Bertz CT molecular complexity index is 628. The second-order valence-corrected chi connectivity index (χ2v) is 4.94. The smallest absolute Gasteiger partial charge is 0.247 e. The summed E-state index contributed by atoms with van der Waals surface area (Å²) in [6.45, 7) is 3.32. The van der Waals surface area contributed by atoms with Crippen LogP contribution in [0.25, 0.3) is 0 Å². The van der Waals surface area contributed by atoms with Crippen molar-refractivity contribution in [1.29, 1.82) is 0 Å². The minimum Gasteiger partial charge on any atom is -0.368 e. The molecule has 2 aromatic rings. The number of amides is 1. The number of halogens is 1. The number of carbonyl (C=O) groups is 1. The number of hydrogen-bond acceptors (Lipinski definition) is 2. The molecule has 0 radical (unpaired) electrons. The SMILES string of the molecule is Cc1ccc(C(C)(Nc2ccccc2)C(N)=O)cc1F. The Morgan fingerprint density at radius 2 is 1.85 bits per heavy atom. The van der Waals surface area contributed by atoms with E-state index in [-0.39, 0.29) is 5.82 Å². The van der Waals surface area contributed by atoms with Crippen LogP contribution < -0.4 is 11.1 Å². The number of primary amides is 1. The maximum absolute atomic E-state index is 13.7. The van der Waals surface area contributed by atoms with Crippen LogP contribution in [-0.4, -0.2) is 5.91 Å². The second-order valence-electron chi connectivity index (χ2n) is 4.94. The van der Waals surface area contributed by atoms with Gasteiger partial charge in [-0.15, -0.1) is 0 Å². The molecule has 0 aliphatic rings. The Kier molecular flexibility index (Phi) is 3.74. The van der Waals surface area contributed by atoms with Gasteiger partial charge in [-0.2, -0.15) is 0 Å².